The Morgan fingerprint density at radius 1 is 0.830 bits per heavy atom. The second kappa shape index (κ2) is 13.5. The Morgan fingerprint density at radius 3 is 1.89 bits per heavy atom. The van der Waals surface area contributed by atoms with Gasteiger partial charge in [0.15, 0.2) is 0 Å². The summed E-state index contributed by atoms with van der Waals surface area (Å²) < 4.78 is 39.8. The number of hydrogen-bond donors (Lipinski definition) is 4. The largest absolute Gasteiger partial charge is 0.444 e. The number of fused-ring (bicyclic) bond motifs is 4. The normalized spacial score (nSPS) is 27.6. The lowest BCUT2D eigenvalue weighted by Gasteiger charge is -2.39. The van der Waals surface area contributed by atoms with E-state index in [2.05, 4.69) is 20.6 Å². The third-order valence-corrected chi connectivity index (χ3v) is 9.00. The van der Waals surface area contributed by atoms with Gasteiger partial charge in [0.1, 0.15) is 29.9 Å². The van der Waals surface area contributed by atoms with E-state index in [1.807, 2.05) is 20.8 Å². The fourth-order valence-corrected chi connectivity index (χ4v) is 6.36. The van der Waals surface area contributed by atoms with Crippen molar-refractivity contribution in [3.8, 4) is 0 Å². The van der Waals surface area contributed by atoms with Gasteiger partial charge >= 0.3 is 28.6 Å². The second-order valence-corrected chi connectivity index (χ2v) is 14.3. The van der Waals surface area contributed by atoms with E-state index >= 15 is 0 Å². The maximum atomic E-state index is 12.3. The maximum Gasteiger partial charge on any atom is 0.418 e. The number of urea groups is 2. The van der Waals surface area contributed by atoms with Crippen LogP contribution < -0.4 is 16.3 Å². The number of ether oxygens (including phenoxy) is 1. The number of piperidine rings is 2. The Balaban J connectivity index is 0.000000186. The van der Waals surface area contributed by atoms with Crippen molar-refractivity contribution in [3.05, 3.63) is 0 Å². The molecule has 47 heavy (non-hydrogen) atoms. The predicted octanol–water partition coefficient (Wildman–Crippen LogP) is -1.44. The second-order valence-electron chi connectivity index (χ2n) is 13.3. The van der Waals surface area contributed by atoms with E-state index in [1.54, 1.807) is 16.8 Å². The lowest BCUT2D eigenvalue weighted by molar-refractivity contribution is -0.152. The van der Waals surface area contributed by atoms with Crippen molar-refractivity contribution >= 4 is 40.4 Å². The van der Waals surface area contributed by atoms with Crippen molar-refractivity contribution in [2.24, 2.45) is 0 Å². The quantitative estimate of drug-likeness (QED) is 0.169. The van der Waals surface area contributed by atoms with Gasteiger partial charge < -0.3 is 29.7 Å². The molecule has 0 aromatic heterocycles. The summed E-state index contributed by atoms with van der Waals surface area (Å²) in [5.74, 6) is -0.773. The van der Waals surface area contributed by atoms with Crippen LogP contribution in [-0.2, 0) is 38.7 Å². The standard InChI is InChI=1S/C16H26N4O5.C10H16N4O7S/c1-16(2,3)24-15(23)19-8-11(9-19)25-17-13(21)12-6-5-10-7-20(12)14(22)18(10)4;15-9(12-20-7-3-11-4-7)8-2-1-6-5-13(8)10(16)14(6)21-22(17,18)19/h10-12H,5-9H2,1-4H3,(H,17,21);6-8,11H,1-5H2,(H,12,15)(H,17,18,19)/t10-,12+;6-,8+/m11/s1. The summed E-state index contributed by atoms with van der Waals surface area (Å²) in [7, 11) is -3.02. The lowest BCUT2D eigenvalue weighted by Crippen LogP contribution is -2.58. The van der Waals surface area contributed by atoms with Crippen LogP contribution in [0.3, 0.4) is 0 Å². The molecule has 0 saturated carbocycles. The molecule has 7 amide bonds. The number of rotatable bonds is 8. The fourth-order valence-electron chi connectivity index (χ4n) is 5.97. The Hall–Kier alpha value is -3.50. The summed E-state index contributed by atoms with van der Waals surface area (Å²) in [6.07, 6.45) is 1.43. The average Bonchev–Trinajstić information content (AvgIpc) is 3.29. The topological polar surface area (TPSA) is 229 Å². The van der Waals surface area contributed by atoms with Gasteiger partial charge in [-0.15, -0.1) is 4.28 Å². The molecule has 0 radical (unpaired) electrons. The molecule has 20 nitrogen and oxygen atoms in total. The zero-order valence-corrected chi connectivity index (χ0v) is 27.4. The minimum absolute atomic E-state index is 0.0890. The highest BCUT2D eigenvalue weighted by molar-refractivity contribution is 7.80. The summed E-state index contributed by atoms with van der Waals surface area (Å²) in [5.41, 5.74) is 4.23. The predicted molar refractivity (Wildman–Crippen MR) is 157 cm³/mol. The number of likely N-dealkylation sites (N-methyl/N-ethyl adjacent to an activating group) is 1. The molecule has 6 aliphatic heterocycles. The first kappa shape index (κ1) is 34.8. The molecular weight excluding hydrogens is 648 g/mol. The molecule has 6 aliphatic rings. The van der Waals surface area contributed by atoms with E-state index in [1.165, 1.54) is 9.80 Å². The molecule has 6 heterocycles. The van der Waals surface area contributed by atoms with Crippen molar-refractivity contribution in [3.63, 3.8) is 0 Å². The average molecular weight is 691 g/mol. The van der Waals surface area contributed by atoms with Crippen molar-refractivity contribution in [2.45, 2.75) is 88.4 Å². The zero-order valence-electron chi connectivity index (χ0n) is 26.6. The molecule has 0 unspecified atom stereocenters. The van der Waals surface area contributed by atoms with Crippen LogP contribution in [-0.4, -0.2) is 156 Å². The molecule has 6 fully saturated rings. The van der Waals surface area contributed by atoms with Gasteiger partial charge in [0.25, 0.3) is 11.8 Å². The number of likely N-dealkylation sites (tertiary alicyclic amines) is 1. The van der Waals surface area contributed by atoms with Crippen molar-refractivity contribution in [1.82, 2.24) is 40.9 Å². The van der Waals surface area contributed by atoms with Gasteiger partial charge in [-0.2, -0.15) is 13.5 Å². The third-order valence-electron chi connectivity index (χ3n) is 8.65. The Morgan fingerprint density at radius 2 is 1.36 bits per heavy atom. The zero-order chi connectivity index (χ0) is 34.3. The monoisotopic (exact) mass is 690 g/mol. The summed E-state index contributed by atoms with van der Waals surface area (Å²) in [6.45, 7) is 8.19. The van der Waals surface area contributed by atoms with Crippen LogP contribution in [0.1, 0.15) is 46.5 Å². The van der Waals surface area contributed by atoms with Crippen LogP contribution in [0.5, 0.6) is 0 Å². The van der Waals surface area contributed by atoms with Gasteiger partial charge in [-0.1, -0.05) is 0 Å². The van der Waals surface area contributed by atoms with Gasteiger partial charge in [0.2, 0.25) is 0 Å². The molecule has 0 aromatic carbocycles. The van der Waals surface area contributed by atoms with Gasteiger partial charge in [-0.3, -0.25) is 23.8 Å². The summed E-state index contributed by atoms with van der Waals surface area (Å²) >= 11 is 0. The first-order valence-corrected chi connectivity index (χ1v) is 16.8. The number of hydroxylamine groups is 4. The van der Waals surface area contributed by atoms with Crippen LogP contribution in [0.15, 0.2) is 0 Å². The van der Waals surface area contributed by atoms with Crippen LogP contribution in [0.4, 0.5) is 14.4 Å². The highest BCUT2D eigenvalue weighted by Gasteiger charge is 2.50. The van der Waals surface area contributed by atoms with Crippen molar-refractivity contribution < 1.29 is 55.6 Å². The van der Waals surface area contributed by atoms with Gasteiger partial charge in [0, 0.05) is 33.2 Å². The molecule has 0 aliphatic carbocycles. The van der Waals surface area contributed by atoms with E-state index in [4.69, 9.17) is 19.0 Å². The van der Waals surface area contributed by atoms with Crippen LogP contribution in [0.2, 0.25) is 0 Å². The smallest absolute Gasteiger partial charge is 0.418 e. The molecule has 4 bridgehead atoms. The number of carbonyl (C=O) groups is 5. The summed E-state index contributed by atoms with van der Waals surface area (Å²) in [5, 5.41) is 3.58. The van der Waals surface area contributed by atoms with Crippen molar-refractivity contribution in [2.75, 3.05) is 46.3 Å². The minimum atomic E-state index is -4.79. The number of carbonyl (C=O) groups excluding carboxylic acids is 5. The van der Waals surface area contributed by atoms with Crippen LogP contribution in [0, 0.1) is 0 Å². The third kappa shape index (κ3) is 8.15. The number of nitrogens with zero attached hydrogens (tertiary/aromatic N) is 5. The summed E-state index contributed by atoms with van der Waals surface area (Å²) in [4.78, 5) is 77.0. The molecule has 21 heteroatoms. The SMILES string of the molecule is CN1C(=O)N2C[C@H]1CC[C@H]2C(=O)NOC1CN(C(=O)OC(C)(C)C)C1.O=C(NOC1CNC1)[C@@H]1CC[C@@H]2CN1C(=O)N2OS(=O)(=O)O. The summed E-state index contributed by atoms with van der Waals surface area (Å²) in [6, 6.07) is -2.45. The highest BCUT2D eigenvalue weighted by atomic mass is 32.3. The lowest BCUT2D eigenvalue weighted by atomic mass is 10.0. The molecule has 4 atom stereocenters. The van der Waals surface area contributed by atoms with Crippen LogP contribution in [0.25, 0.3) is 0 Å². The molecule has 6 rings (SSSR count). The number of nitrogens with one attached hydrogen (secondary N) is 3. The molecule has 6 saturated heterocycles. The van der Waals surface area contributed by atoms with E-state index in [9.17, 15) is 32.4 Å². The van der Waals surface area contributed by atoms with Gasteiger partial charge in [-0.05, 0) is 46.5 Å². The molecule has 0 aromatic rings. The first-order valence-electron chi connectivity index (χ1n) is 15.4. The first-order chi connectivity index (χ1) is 22.0. The van der Waals surface area contributed by atoms with E-state index < -0.39 is 46.1 Å². The molecular formula is C26H42N8O12S. The molecule has 264 valence electrons. The van der Waals surface area contributed by atoms with E-state index in [-0.39, 0.29) is 42.8 Å². The van der Waals surface area contributed by atoms with E-state index in [0.717, 1.165) is 6.42 Å². The minimum Gasteiger partial charge on any atom is -0.444 e. The highest BCUT2D eigenvalue weighted by Crippen LogP contribution is 2.31. The Labute approximate surface area is 271 Å². The van der Waals surface area contributed by atoms with Crippen molar-refractivity contribution in [1.29, 1.82) is 0 Å². The van der Waals surface area contributed by atoms with Gasteiger partial charge in [0.05, 0.1) is 25.2 Å². The molecule has 0 spiro atoms. The Kier molecular flexibility index (Phi) is 10.0. The number of hydrogen-bond acceptors (Lipinski definition) is 12. The number of amides is 7. The maximum absolute atomic E-state index is 12.3. The fraction of sp³-hybridized carbons (Fsp3) is 0.808. The Bertz CT molecular complexity index is 1350. The van der Waals surface area contributed by atoms with E-state index in [0.29, 0.717) is 57.0 Å². The van der Waals surface area contributed by atoms with Gasteiger partial charge in [-0.25, -0.2) is 25.3 Å². The van der Waals surface area contributed by atoms with Crippen LogP contribution >= 0.6 is 0 Å². The molecule has 4 N–H and O–H groups in total.